The lowest BCUT2D eigenvalue weighted by atomic mass is 10.0. The lowest BCUT2D eigenvalue weighted by Gasteiger charge is -2.04. The number of ketones is 1. The van der Waals surface area contributed by atoms with Gasteiger partial charge in [-0.2, -0.15) is 0 Å². The predicted molar refractivity (Wildman–Crippen MR) is 77.7 cm³/mol. The number of hydrogen-bond acceptors (Lipinski definition) is 1. The third-order valence-corrected chi connectivity index (χ3v) is 3.38. The van der Waals surface area contributed by atoms with Crippen molar-refractivity contribution in [2.45, 2.75) is 19.8 Å². The Bertz CT molecular complexity index is 607. The Morgan fingerprint density at radius 2 is 1.95 bits per heavy atom. The second-order valence-corrected chi connectivity index (χ2v) is 5.53. The van der Waals surface area contributed by atoms with Crippen LogP contribution in [0.15, 0.2) is 46.9 Å². The van der Waals surface area contributed by atoms with Crippen LogP contribution < -0.4 is 0 Å². The van der Waals surface area contributed by atoms with Crippen molar-refractivity contribution < 1.29 is 9.18 Å². The average molecular weight is 321 g/mol. The van der Waals surface area contributed by atoms with E-state index in [1.807, 2.05) is 31.2 Å². The summed E-state index contributed by atoms with van der Waals surface area (Å²) in [5.41, 5.74) is 2.54. The Morgan fingerprint density at radius 1 is 1.16 bits per heavy atom. The van der Waals surface area contributed by atoms with E-state index in [2.05, 4.69) is 15.9 Å². The van der Waals surface area contributed by atoms with Gasteiger partial charge in [-0.15, -0.1) is 0 Å². The highest BCUT2D eigenvalue weighted by Gasteiger charge is 2.09. The van der Waals surface area contributed by atoms with Crippen LogP contribution in [0.5, 0.6) is 0 Å². The number of Topliss-reactive ketones (excluding diaryl/α,β-unsaturated/α-hetero) is 1. The Kier molecular flexibility index (Phi) is 4.48. The minimum atomic E-state index is -0.341. The first kappa shape index (κ1) is 13.9. The molecule has 0 aliphatic carbocycles. The molecule has 19 heavy (non-hydrogen) atoms. The topological polar surface area (TPSA) is 17.1 Å². The number of carbonyl (C=O) groups is 1. The molecule has 2 aromatic rings. The average Bonchev–Trinajstić information content (AvgIpc) is 2.33. The number of aryl methyl sites for hydroxylation is 1. The van der Waals surface area contributed by atoms with Gasteiger partial charge in [-0.3, -0.25) is 4.79 Å². The van der Waals surface area contributed by atoms with E-state index >= 15 is 0 Å². The molecule has 3 heteroatoms. The molecular formula is C16H14BrFO. The molecule has 2 rings (SSSR count). The zero-order valence-electron chi connectivity index (χ0n) is 10.6. The van der Waals surface area contributed by atoms with Crippen molar-refractivity contribution in [3.63, 3.8) is 0 Å². The van der Waals surface area contributed by atoms with Gasteiger partial charge in [0, 0.05) is 17.3 Å². The molecule has 0 atom stereocenters. The van der Waals surface area contributed by atoms with E-state index in [1.165, 1.54) is 6.07 Å². The number of benzene rings is 2. The Hall–Kier alpha value is -1.48. The van der Waals surface area contributed by atoms with Gasteiger partial charge in [-0.1, -0.05) is 51.8 Å². The fourth-order valence-corrected chi connectivity index (χ4v) is 2.32. The SMILES string of the molecule is Cc1cccc(CC(=O)Cc2ccc(Br)cc2F)c1. The van der Waals surface area contributed by atoms with E-state index in [0.717, 1.165) is 11.1 Å². The Labute approximate surface area is 120 Å². The summed E-state index contributed by atoms with van der Waals surface area (Å²) >= 11 is 3.20. The van der Waals surface area contributed by atoms with E-state index in [4.69, 9.17) is 0 Å². The molecule has 0 saturated carbocycles. The van der Waals surface area contributed by atoms with Gasteiger partial charge in [0.2, 0.25) is 0 Å². The van der Waals surface area contributed by atoms with Crippen LogP contribution in [0.3, 0.4) is 0 Å². The van der Waals surface area contributed by atoms with Gasteiger partial charge in [-0.25, -0.2) is 4.39 Å². The lowest BCUT2D eigenvalue weighted by Crippen LogP contribution is -2.08. The molecule has 0 radical (unpaired) electrons. The maximum atomic E-state index is 13.6. The van der Waals surface area contributed by atoms with Gasteiger partial charge in [-0.05, 0) is 30.2 Å². The highest BCUT2D eigenvalue weighted by molar-refractivity contribution is 9.10. The maximum Gasteiger partial charge on any atom is 0.141 e. The molecule has 0 N–H and O–H groups in total. The monoisotopic (exact) mass is 320 g/mol. The highest BCUT2D eigenvalue weighted by atomic mass is 79.9. The van der Waals surface area contributed by atoms with Crippen LogP contribution in [0, 0.1) is 12.7 Å². The quantitative estimate of drug-likeness (QED) is 0.823. The molecule has 2 aromatic carbocycles. The van der Waals surface area contributed by atoms with Crippen molar-refractivity contribution in [2.24, 2.45) is 0 Å². The summed E-state index contributed by atoms with van der Waals surface area (Å²) in [5.74, 6) is -0.321. The van der Waals surface area contributed by atoms with Gasteiger partial charge in [0.25, 0.3) is 0 Å². The Balaban J connectivity index is 2.05. The molecule has 0 saturated heterocycles. The summed E-state index contributed by atoms with van der Waals surface area (Å²) in [7, 11) is 0. The summed E-state index contributed by atoms with van der Waals surface area (Å²) < 4.78 is 14.3. The minimum Gasteiger partial charge on any atom is -0.299 e. The second-order valence-electron chi connectivity index (χ2n) is 4.62. The molecule has 98 valence electrons. The van der Waals surface area contributed by atoms with Crippen LogP contribution in [0.2, 0.25) is 0 Å². The third kappa shape index (κ3) is 4.00. The maximum absolute atomic E-state index is 13.6. The van der Waals surface area contributed by atoms with Gasteiger partial charge in [0.15, 0.2) is 0 Å². The summed E-state index contributed by atoms with van der Waals surface area (Å²) in [6, 6.07) is 12.6. The molecule has 0 aliphatic rings. The number of carbonyl (C=O) groups excluding carboxylic acids is 1. The van der Waals surface area contributed by atoms with Crippen LogP contribution >= 0.6 is 15.9 Å². The molecule has 0 heterocycles. The van der Waals surface area contributed by atoms with Crippen molar-refractivity contribution in [1.82, 2.24) is 0 Å². The van der Waals surface area contributed by atoms with Crippen molar-refractivity contribution >= 4 is 21.7 Å². The molecule has 0 fully saturated rings. The molecule has 0 unspecified atom stereocenters. The number of rotatable bonds is 4. The van der Waals surface area contributed by atoms with Crippen LogP contribution in [-0.2, 0) is 17.6 Å². The van der Waals surface area contributed by atoms with E-state index in [9.17, 15) is 9.18 Å². The molecule has 0 aromatic heterocycles. The number of hydrogen-bond donors (Lipinski definition) is 0. The molecule has 0 bridgehead atoms. The van der Waals surface area contributed by atoms with Crippen LogP contribution in [0.4, 0.5) is 4.39 Å². The van der Waals surface area contributed by atoms with Crippen LogP contribution in [-0.4, -0.2) is 5.78 Å². The third-order valence-electron chi connectivity index (χ3n) is 2.89. The first-order valence-corrected chi connectivity index (χ1v) is 6.85. The predicted octanol–water partition coefficient (Wildman–Crippen LogP) is 4.25. The van der Waals surface area contributed by atoms with Crippen LogP contribution in [0.25, 0.3) is 0 Å². The zero-order chi connectivity index (χ0) is 13.8. The van der Waals surface area contributed by atoms with E-state index < -0.39 is 0 Å². The zero-order valence-corrected chi connectivity index (χ0v) is 12.2. The van der Waals surface area contributed by atoms with Crippen molar-refractivity contribution in [1.29, 1.82) is 0 Å². The molecular weight excluding hydrogens is 307 g/mol. The molecule has 0 aliphatic heterocycles. The Morgan fingerprint density at radius 3 is 2.63 bits per heavy atom. The van der Waals surface area contributed by atoms with Crippen molar-refractivity contribution in [3.05, 3.63) is 69.4 Å². The number of halogens is 2. The van der Waals surface area contributed by atoms with Gasteiger partial charge in [0.05, 0.1) is 0 Å². The van der Waals surface area contributed by atoms with Crippen LogP contribution in [0.1, 0.15) is 16.7 Å². The fraction of sp³-hybridized carbons (Fsp3) is 0.188. The van der Waals surface area contributed by atoms with Gasteiger partial charge < -0.3 is 0 Å². The summed E-state index contributed by atoms with van der Waals surface area (Å²) in [6.45, 7) is 1.99. The normalized spacial score (nSPS) is 10.5. The van der Waals surface area contributed by atoms with E-state index in [0.29, 0.717) is 16.5 Å². The fourth-order valence-electron chi connectivity index (χ4n) is 1.99. The van der Waals surface area contributed by atoms with E-state index in [1.54, 1.807) is 12.1 Å². The van der Waals surface area contributed by atoms with E-state index in [-0.39, 0.29) is 18.0 Å². The standard InChI is InChI=1S/C16H14BrFO/c1-11-3-2-4-12(7-11)8-15(19)9-13-5-6-14(17)10-16(13)18/h2-7,10H,8-9H2,1H3. The summed E-state index contributed by atoms with van der Waals surface area (Å²) in [6.07, 6.45) is 0.476. The minimum absolute atomic E-state index is 0.0202. The van der Waals surface area contributed by atoms with Gasteiger partial charge in [0.1, 0.15) is 11.6 Å². The largest absolute Gasteiger partial charge is 0.299 e. The molecule has 1 nitrogen and oxygen atoms in total. The lowest BCUT2D eigenvalue weighted by molar-refractivity contribution is -0.117. The first-order chi connectivity index (χ1) is 9.04. The first-order valence-electron chi connectivity index (χ1n) is 6.06. The summed E-state index contributed by atoms with van der Waals surface area (Å²) in [4.78, 5) is 12.0. The van der Waals surface area contributed by atoms with Crippen molar-refractivity contribution in [3.8, 4) is 0 Å². The summed E-state index contributed by atoms with van der Waals surface area (Å²) in [5, 5.41) is 0. The molecule has 0 amide bonds. The van der Waals surface area contributed by atoms with Gasteiger partial charge >= 0.3 is 0 Å². The smallest absolute Gasteiger partial charge is 0.141 e. The second kappa shape index (κ2) is 6.11. The molecule has 0 spiro atoms. The highest BCUT2D eigenvalue weighted by Crippen LogP contribution is 2.16. The van der Waals surface area contributed by atoms with Crippen molar-refractivity contribution in [2.75, 3.05) is 0 Å².